The van der Waals surface area contributed by atoms with E-state index in [4.69, 9.17) is 0 Å². The highest BCUT2D eigenvalue weighted by atomic mass is 16.1. The molecule has 0 aliphatic carbocycles. The topological polar surface area (TPSA) is 48.1 Å². The lowest BCUT2D eigenvalue weighted by atomic mass is 9.92. The minimum atomic E-state index is -0.0445. The van der Waals surface area contributed by atoms with E-state index in [1.807, 2.05) is 6.20 Å². The molecule has 26 heavy (non-hydrogen) atoms. The van der Waals surface area contributed by atoms with Crippen molar-refractivity contribution in [3.05, 3.63) is 54.2 Å². The fourth-order valence-corrected chi connectivity index (χ4v) is 3.93. The van der Waals surface area contributed by atoms with Crippen LogP contribution in [0.3, 0.4) is 0 Å². The summed E-state index contributed by atoms with van der Waals surface area (Å²) in [6.45, 7) is 5.99. The van der Waals surface area contributed by atoms with Crippen LogP contribution < -0.4 is 10.2 Å². The van der Waals surface area contributed by atoms with E-state index in [2.05, 4.69) is 64.6 Å². The van der Waals surface area contributed by atoms with Crippen LogP contribution in [0.15, 0.2) is 48.7 Å². The zero-order valence-electron chi connectivity index (χ0n) is 15.2. The van der Waals surface area contributed by atoms with Gasteiger partial charge in [-0.1, -0.05) is 31.2 Å². The van der Waals surface area contributed by atoms with Crippen LogP contribution in [0.25, 0.3) is 22.0 Å². The lowest BCUT2D eigenvalue weighted by Gasteiger charge is -2.32. The Bertz CT molecular complexity index is 909. The van der Waals surface area contributed by atoms with E-state index < -0.39 is 0 Å². The van der Waals surface area contributed by atoms with Gasteiger partial charge in [0, 0.05) is 54.9 Å². The van der Waals surface area contributed by atoms with Gasteiger partial charge < -0.3 is 20.0 Å². The summed E-state index contributed by atoms with van der Waals surface area (Å²) < 4.78 is 0. The van der Waals surface area contributed by atoms with Gasteiger partial charge in [0.25, 0.3) is 0 Å². The lowest BCUT2D eigenvalue weighted by molar-refractivity contribution is -0.109. The normalized spacial score (nSPS) is 16.0. The van der Waals surface area contributed by atoms with Gasteiger partial charge in [0.15, 0.2) is 0 Å². The Morgan fingerprint density at radius 3 is 2.77 bits per heavy atom. The first kappa shape index (κ1) is 16.9. The third-order valence-corrected chi connectivity index (χ3v) is 5.40. The highest BCUT2D eigenvalue weighted by molar-refractivity contribution is 5.95. The van der Waals surface area contributed by atoms with E-state index in [1.54, 1.807) is 0 Å². The van der Waals surface area contributed by atoms with Crippen molar-refractivity contribution in [3.8, 4) is 11.1 Å². The molecule has 1 unspecified atom stereocenters. The Morgan fingerprint density at radius 2 is 2.00 bits per heavy atom. The lowest BCUT2D eigenvalue weighted by Crippen LogP contribution is -2.44. The maximum Gasteiger partial charge on any atom is 0.127 e. The number of carbonyl (C=O) groups excluding carboxylic acids is 1. The monoisotopic (exact) mass is 347 g/mol. The number of piperazine rings is 1. The van der Waals surface area contributed by atoms with E-state index in [0.29, 0.717) is 0 Å². The van der Waals surface area contributed by atoms with Gasteiger partial charge in [-0.2, -0.15) is 0 Å². The standard InChI is InChI=1S/C22H25N3O/c1-2-16(15-26)19-7-6-17(14-22(19)25-12-10-23-11-13-25)18-4-3-5-21-20(18)8-9-24-21/h3-9,14-16,23-24H,2,10-13H2,1H3. The number of rotatable bonds is 5. The molecule has 1 aliphatic heterocycles. The number of carbonyl (C=O) groups is 1. The van der Waals surface area contributed by atoms with Crippen LogP contribution >= 0.6 is 0 Å². The van der Waals surface area contributed by atoms with Gasteiger partial charge in [-0.05, 0) is 41.3 Å². The molecule has 1 atom stereocenters. The number of aldehydes is 1. The number of nitrogens with one attached hydrogen (secondary N) is 2. The van der Waals surface area contributed by atoms with Crippen molar-refractivity contribution in [2.75, 3.05) is 31.1 Å². The summed E-state index contributed by atoms with van der Waals surface area (Å²) in [5, 5.41) is 4.64. The molecule has 0 bridgehead atoms. The van der Waals surface area contributed by atoms with E-state index >= 15 is 0 Å². The first-order chi connectivity index (χ1) is 12.8. The molecule has 0 saturated carbocycles. The van der Waals surface area contributed by atoms with Crippen LogP contribution in [0, 0.1) is 0 Å². The minimum Gasteiger partial charge on any atom is -0.369 e. The van der Waals surface area contributed by atoms with Crippen molar-refractivity contribution in [3.63, 3.8) is 0 Å². The fraction of sp³-hybridized carbons (Fsp3) is 0.318. The molecule has 4 nitrogen and oxygen atoms in total. The van der Waals surface area contributed by atoms with Crippen molar-refractivity contribution in [1.82, 2.24) is 10.3 Å². The number of benzene rings is 2. The van der Waals surface area contributed by atoms with E-state index in [9.17, 15) is 4.79 Å². The summed E-state index contributed by atoms with van der Waals surface area (Å²) in [5.41, 5.74) is 5.93. The van der Waals surface area contributed by atoms with Crippen molar-refractivity contribution in [2.45, 2.75) is 19.3 Å². The third-order valence-electron chi connectivity index (χ3n) is 5.40. The van der Waals surface area contributed by atoms with Crippen LogP contribution in [0.5, 0.6) is 0 Å². The summed E-state index contributed by atoms with van der Waals surface area (Å²) in [6.07, 6.45) is 3.90. The molecular formula is C22H25N3O. The van der Waals surface area contributed by atoms with Crippen LogP contribution in [-0.4, -0.2) is 37.4 Å². The van der Waals surface area contributed by atoms with Gasteiger partial charge in [-0.15, -0.1) is 0 Å². The fourth-order valence-electron chi connectivity index (χ4n) is 3.93. The highest BCUT2D eigenvalue weighted by Gasteiger charge is 2.20. The first-order valence-electron chi connectivity index (χ1n) is 9.43. The molecule has 0 amide bonds. The third kappa shape index (κ3) is 3.01. The maximum absolute atomic E-state index is 11.6. The molecule has 3 aromatic rings. The molecular weight excluding hydrogens is 322 g/mol. The van der Waals surface area contributed by atoms with E-state index in [1.165, 1.54) is 22.2 Å². The molecule has 4 heteroatoms. The minimum absolute atomic E-state index is 0.0445. The summed E-state index contributed by atoms with van der Waals surface area (Å²) in [4.78, 5) is 17.3. The van der Waals surface area contributed by atoms with Crippen molar-refractivity contribution in [2.24, 2.45) is 0 Å². The molecule has 4 rings (SSSR count). The number of aromatic nitrogens is 1. The van der Waals surface area contributed by atoms with Crippen LogP contribution in [0.1, 0.15) is 24.8 Å². The van der Waals surface area contributed by atoms with Crippen LogP contribution in [-0.2, 0) is 4.79 Å². The highest BCUT2D eigenvalue weighted by Crippen LogP contribution is 2.36. The summed E-state index contributed by atoms with van der Waals surface area (Å²) >= 11 is 0. The largest absolute Gasteiger partial charge is 0.369 e. The second kappa shape index (κ2) is 7.34. The molecule has 2 N–H and O–H groups in total. The second-order valence-electron chi connectivity index (χ2n) is 6.91. The van der Waals surface area contributed by atoms with Gasteiger partial charge >= 0.3 is 0 Å². The quantitative estimate of drug-likeness (QED) is 0.687. The van der Waals surface area contributed by atoms with Crippen molar-refractivity contribution < 1.29 is 4.79 Å². The number of hydrogen-bond donors (Lipinski definition) is 2. The van der Waals surface area contributed by atoms with Gasteiger partial charge in [-0.25, -0.2) is 0 Å². The Kier molecular flexibility index (Phi) is 4.76. The summed E-state index contributed by atoms with van der Waals surface area (Å²) in [7, 11) is 0. The van der Waals surface area contributed by atoms with Gasteiger partial charge in [-0.3, -0.25) is 0 Å². The number of hydrogen-bond acceptors (Lipinski definition) is 3. The average Bonchev–Trinajstić information content (AvgIpc) is 3.19. The number of fused-ring (bicyclic) bond motifs is 1. The second-order valence-corrected chi connectivity index (χ2v) is 6.91. The molecule has 1 aromatic heterocycles. The number of H-pyrrole nitrogens is 1. The molecule has 1 fully saturated rings. The number of nitrogens with zero attached hydrogens (tertiary/aromatic N) is 1. The van der Waals surface area contributed by atoms with Crippen molar-refractivity contribution >= 4 is 22.9 Å². The first-order valence-corrected chi connectivity index (χ1v) is 9.43. The van der Waals surface area contributed by atoms with E-state index in [0.717, 1.165) is 50.0 Å². The van der Waals surface area contributed by atoms with Crippen molar-refractivity contribution in [1.29, 1.82) is 0 Å². The average molecular weight is 347 g/mol. The zero-order chi connectivity index (χ0) is 17.9. The number of aromatic amines is 1. The molecule has 1 saturated heterocycles. The molecule has 0 spiro atoms. The van der Waals surface area contributed by atoms with E-state index in [-0.39, 0.29) is 5.92 Å². The molecule has 0 radical (unpaired) electrons. The Labute approximate surface area is 154 Å². The summed E-state index contributed by atoms with van der Waals surface area (Å²) in [6, 6.07) is 15.1. The maximum atomic E-state index is 11.6. The zero-order valence-corrected chi connectivity index (χ0v) is 15.2. The predicted molar refractivity (Wildman–Crippen MR) is 108 cm³/mol. The molecule has 2 aromatic carbocycles. The van der Waals surface area contributed by atoms with Crippen LogP contribution in [0.4, 0.5) is 5.69 Å². The number of anilines is 1. The predicted octanol–water partition coefficient (Wildman–Crippen LogP) is 3.94. The van der Waals surface area contributed by atoms with Gasteiger partial charge in [0.2, 0.25) is 0 Å². The Morgan fingerprint density at radius 1 is 1.15 bits per heavy atom. The SMILES string of the molecule is CCC(C=O)c1ccc(-c2cccc3[nH]ccc23)cc1N1CCNCC1. The molecule has 134 valence electrons. The Hall–Kier alpha value is -2.59. The smallest absolute Gasteiger partial charge is 0.127 e. The van der Waals surface area contributed by atoms with Gasteiger partial charge in [0.05, 0.1) is 0 Å². The molecule has 2 heterocycles. The van der Waals surface area contributed by atoms with Crippen LogP contribution in [0.2, 0.25) is 0 Å². The Balaban J connectivity index is 1.84. The molecule has 1 aliphatic rings. The van der Waals surface area contributed by atoms with Gasteiger partial charge in [0.1, 0.15) is 6.29 Å². The summed E-state index contributed by atoms with van der Waals surface area (Å²) in [5.74, 6) is -0.0445.